The normalized spacial score (nSPS) is 22.8. The second kappa shape index (κ2) is 9.29. The third kappa shape index (κ3) is 5.12. The van der Waals surface area contributed by atoms with Crippen LogP contribution < -0.4 is 4.74 Å². The lowest BCUT2D eigenvalue weighted by atomic mass is 9.80. The number of alkyl halides is 6. The van der Waals surface area contributed by atoms with E-state index in [1.807, 2.05) is 0 Å². The van der Waals surface area contributed by atoms with Gasteiger partial charge in [0.1, 0.15) is 5.75 Å². The van der Waals surface area contributed by atoms with Crippen molar-refractivity contribution in [3.63, 3.8) is 0 Å². The minimum absolute atomic E-state index is 0.00614. The topological polar surface area (TPSA) is 79.7 Å². The highest BCUT2D eigenvalue weighted by Gasteiger charge is 2.56. The Morgan fingerprint density at radius 1 is 1.06 bits per heavy atom. The highest BCUT2D eigenvalue weighted by atomic mass is 19.4. The van der Waals surface area contributed by atoms with Crippen LogP contribution in [0.5, 0.6) is 5.75 Å². The standard InChI is InChI=1S/C24H22F6N2O4/c25-23(26,27)15-4-6-16(7-5-15)36-22(21(34)35)9-1-11-32(19(22)12-14-2-3-14)20(33)17-13-31-10-8-18(17)24(28,29)30/h4-8,10,13-14,19H,1-3,9,11-12H2,(H,34,35)/t19-,22+/m1/s1. The quantitative estimate of drug-likeness (QED) is 0.519. The molecule has 0 bridgehead atoms. The van der Waals surface area contributed by atoms with Gasteiger partial charge in [0.15, 0.2) is 0 Å². The van der Waals surface area contributed by atoms with Crippen molar-refractivity contribution < 1.29 is 45.8 Å². The van der Waals surface area contributed by atoms with Crippen LogP contribution in [0.3, 0.4) is 0 Å². The lowest BCUT2D eigenvalue weighted by Gasteiger charge is -2.47. The van der Waals surface area contributed by atoms with Crippen molar-refractivity contribution in [2.75, 3.05) is 6.54 Å². The van der Waals surface area contributed by atoms with Crippen LogP contribution in [-0.4, -0.2) is 45.1 Å². The van der Waals surface area contributed by atoms with Gasteiger partial charge < -0.3 is 14.7 Å². The second-order valence-corrected chi connectivity index (χ2v) is 9.03. The van der Waals surface area contributed by atoms with Gasteiger partial charge in [-0.15, -0.1) is 0 Å². The van der Waals surface area contributed by atoms with E-state index in [0.717, 1.165) is 54.4 Å². The van der Waals surface area contributed by atoms with Crippen LogP contribution in [0.4, 0.5) is 26.3 Å². The number of carboxylic acid groups (broad SMARTS) is 1. The van der Waals surface area contributed by atoms with Crippen molar-refractivity contribution >= 4 is 11.9 Å². The number of benzene rings is 1. The van der Waals surface area contributed by atoms with Crippen LogP contribution in [0.25, 0.3) is 0 Å². The van der Waals surface area contributed by atoms with E-state index in [1.54, 1.807) is 0 Å². The Labute approximate surface area is 201 Å². The van der Waals surface area contributed by atoms with Gasteiger partial charge >= 0.3 is 18.3 Å². The van der Waals surface area contributed by atoms with Crippen LogP contribution >= 0.6 is 0 Å². The van der Waals surface area contributed by atoms with Gasteiger partial charge in [-0.3, -0.25) is 9.78 Å². The third-order valence-electron chi connectivity index (χ3n) is 6.58. The van der Waals surface area contributed by atoms with Crippen LogP contribution in [0.15, 0.2) is 42.7 Å². The molecule has 1 aliphatic heterocycles. The summed E-state index contributed by atoms with van der Waals surface area (Å²) in [4.78, 5) is 30.8. The Morgan fingerprint density at radius 3 is 2.28 bits per heavy atom. The first kappa shape index (κ1) is 25.8. The minimum Gasteiger partial charge on any atom is -0.478 e. The molecule has 1 aromatic carbocycles. The summed E-state index contributed by atoms with van der Waals surface area (Å²) in [5, 5.41) is 10.3. The molecule has 194 valence electrons. The number of nitrogens with zero attached hydrogens (tertiary/aromatic N) is 2. The molecule has 2 atom stereocenters. The fourth-order valence-corrected chi connectivity index (χ4v) is 4.62. The molecular formula is C24H22F6N2O4. The molecule has 1 aliphatic carbocycles. The van der Waals surface area contributed by atoms with Crippen molar-refractivity contribution in [1.82, 2.24) is 9.88 Å². The number of amides is 1. The maximum Gasteiger partial charge on any atom is 0.417 e. The number of aliphatic carboxylic acids is 1. The molecule has 2 aromatic rings. The zero-order valence-electron chi connectivity index (χ0n) is 18.8. The lowest BCUT2D eigenvalue weighted by molar-refractivity contribution is -0.166. The SMILES string of the molecule is O=C(c1cnccc1C(F)(F)F)N1CCC[C@@](Oc2ccc(C(F)(F)F)cc2)(C(=O)O)[C@H]1CC1CC1. The largest absolute Gasteiger partial charge is 0.478 e. The van der Waals surface area contributed by atoms with E-state index in [1.165, 1.54) is 0 Å². The van der Waals surface area contributed by atoms with E-state index in [9.17, 15) is 41.0 Å². The number of rotatable bonds is 6. The average Bonchev–Trinajstić information content (AvgIpc) is 3.63. The van der Waals surface area contributed by atoms with E-state index in [4.69, 9.17) is 4.74 Å². The second-order valence-electron chi connectivity index (χ2n) is 9.03. The first-order chi connectivity index (χ1) is 16.8. The molecule has 1 amide bonds. The first-order valence-corrected chi connectivity index (χ1v) is 11.2. The number of halogens is 6. The van der Waals surface area contributed by atoms with Gasteiger partial charge in [0.05, 0.1) is 22.7 Å². The number of ether oxygens (including phenoxy) is 1. The fraction of sp³-hybridized carbons (Fsp3) is 0.458. The summed E-state index contributed by atoms with van der Waals surface area (Å²) in [6.07, 6.45) is -6.03. The highest BCUT2D eigenvalue weighted by molar-refractivity contribution is 5.96. The maximum absolute atomic E-state index is 13.6. The Balaban J connectivity index is 1.72. The van der Waals surface area contributed by atoms with Crippen molar-refractivity contribution in [1.29, 1.82) is 0 Å². The van der Waals surface area contributed by atoms with Gasteiger partial charge in [0.2, 0.25) is 5.60 Å². The molecule has 4 rings (SSSR count). The van der Waals surface area contributed by atoms with Crippen molar-refractivity contribution in [2.24, 2.45) is 5.92 Å². The van der Waals surface area contributed by atoms with E-state index in [-0.39, 0.29) is 37.5 Å². The number of carbonyl (C=O) groups excluding carboxylic acids is 1. The third-order valence-corrected chi connectivity index (χ3v) is 6.58. The smallest absolute Gasteiger partial charge is 0.417 e. The molecule has 1 saturated carbocycles. The molecule has 2 fully saturated rings. The molecule has 6 nitrogen and oxygen atoms in total. The van der Waals surface area contributed by atoms with Gasteiger partial charge in [-0.25, -0.2) is 4.79 Å². The van der Waals surface area contributed by atoms with E-state index < -0.39 is 52.6 Å². The monoisotopic (exact) mass is 516 g/mol. The summed E-state index contributed by atoms with van der Waals surface area (Å²) in [5.41, 5.74) is -4.91. The molecule has 0 radical (unpaired) electrons. The van der Waals surface area contributed by atoms with Crippen LogP contribution in [0.2, 0.25) is 0 Å². The number of hydrogen-bond acceptors (Lipinski definition) is 4. The zero-order valence-corrected chi connectivity index (χ0v) is 18.8. The fourth-order valence-electron chi connectivity index (χ4n) is 4.62. The molecule has 0 unspecified atom stereocenters. The molecule has 0 spiro atoms. The summed E-state index contributed by atoms with van der Waals surface area (Å²) in [5.74, 6) is -2.58. The van der Waals surface area contributed by atoms with Gasteiger partial charge in [0.25, 0.3) is 5.91 Å². The van der Waals surface area contributed by atoms with E-state index in [0.29, 0.717) is 6.07 Å². The van der Waals surface area contributed by atoms with E-state index >= 15 is 0 Å². The number of carboxylic acids is 1. The van der Waals surface area contributed by atoms with Crippen molar-refractivity contribution in [3.05, 3.63) is 59.4 Å². The summed E-state index contributed by atoms with van der Waals surface area (Å²) in [7, 11) is 0. The Morgan fingerprint density at radius 2 is 1.72 bits per heavy atom. The average molecular weight is 516 g/mol. The van der Waals surface area contributed by atoms with Gasteiger partial charge in [-0.2, -0.15) is 26.3 Å². The van der Waals surface area contributed by atoms with Crippen LogP contribution in [-0.2, 0) is 17.1 Å². The predicted molar refractivity (Wildman–Crippen MR) is 113 cm³/mol. The van der Waals surface area contributed by atoms with Crippen LogP contribution in [0, 0.1) is 5.92 Å². The summed E-state index contributed by atoms with van der Waals surface area (Å²) in [6, 6.07) is 3.01. The lowest BCUT2D eigenvalue weighted by Crippen LogP contribution is -2.65. The van der Waals surface area contributed by atoms with Gasteiger partial charge in [-0.05, 0) is 49.1 Å². The van der Waals surface area contributed by atoms with Gasteiger partial charge in [0, 0.05) is 25.4 Å². The molecule has 1 N–H and O–H groups in total. The highest BCUT2D eigenvalue weighted by Crippen LogP contribution is 2.44. The summed E-state index contributed by atoms with van der Waals surface area (Å²) < 4.78 is 85.4. The number of aromatic nitrogens is 1. The molecular weight excluding hydrogens is 494 g/mol. The van der Waals surface area contributed by atoms with Crippen molar-refractivity contribution in [3.8, 4) is 5.75 Å². The number of likely N-dealkylation sites (tertiary alicyclic amines) is 1. The van der Waals surface area contributed by atoms with Gasteiger partial charge in [-0.1, -0.05) is 12.8 Å². The molecule has 2 aliphatic rings. The Kier molecular flexibility index (Phi) is 6.65. The number of pyridine rings is 1. The van der Waals surface area contributed by atoms with Crippen LogP contribution in [0.1, 0.15) is 53.6 Å². The zero-order chi connectivity index (χ0) is 26.3. The number of hydrogen-bond donors (Lipinski definition) is 1. The summed E-state index contributed by atoms with van der Waals surface area (Å²) >= 11 is 0. The number of piperidine rings is 1. The molecule has 12 heteroatoms. The molecule has 1 aromatic heterocycles. The minimum atomic E-state index is -4.84. The maximum atomic E-state index is 13.6. The number of carbonyl (C=O) groups is 2. The first-order valence-electron chi connectivity index (χ1n) is 11.2. The summed E-state index contributed by atoms with van der Waals surface area (Å²) in [6.45, 7) is -0.00614. The Hall–Kier alpha value is -3.31. The van der Waals surface area contributed by atoms with Crippen molar-refractivity contribution in [2.45, 2.75) is 56.1 Å². The Bertz CT molecular complexity index is 1130. The molecule has 2 heterocycles. The predicted octanol–water partition coefficient (Wildman–Crippen LogP) is 5.43. The van der Waals surface area contributed by atoms with E-state index in [2.05, 4.69) is 4.98 Å². The molecule has 1 saturated heterocycles. The molecule has 36 heavy (non-hydrogen) atoms.